The van der Waals surface area contributed by atoms with Crippen molar-refractivity contribution in [2.75, 3.05) is 6.61 Å². The molecule has 9 nitrogen and oxygen atoms in total. The highest BCUT2D eigenvalue weighted by atomic mass is 79.9. The Morgan fingerprint density at radius 3 is 2.50 bits per heavy atom. The minimum atomic E-state index is -0.565. The van der Waals surface area contributed by atoms with Crippen LogP contribution in [-0.4, -0.2) is 23.3 Å². The van der Waals surface area contributed by atoms with Gasteiger partial charge in [0.1, 0.15) is 29.4 Å². The smallest absolute Gasteiger partial charge is 0.348 e. The van der Waals surface area contributed by atoms with E-state index in [1.165, 1.54) is 18.2 Å². The summed E-state index contributed by atoms with van der Waals surface area (Å²) in [6.07, 6.45) is 1.16. The van der Waals surface area contributed by atoms with E-state index >= 15 is 0 Å². The molecular weight excluding hydrogens is 574 g/mol. The fourth-order valence-corrected chi connectivity index (χ4v) is 4.97. The number of ether oxygens (including phenoxy) is 2. The molecule has 0 aliphatic heterocycles. The number of nitro groups is 1. The molecule has 38 heavy (non-hydrogen) atoms. The lowest BCUT2D eigenvalue weighted by Crippen LogP contribution is -2.05. The zero-order valence-corrected chi connectivity index (χ0v) is 22.7. The molecule has 0 fully saturated rings. The number of benzene rings is 2. The fourth-order valence-electron chi connectivity index (χ4n) is 3.45. The SMILES string of the molecule is CCOC(=O)c1sc(CC(=O)/C(C#N)=C/c2cc(Br)ccc2OCc2ccc([N+](=O)[O-])cc2)c(C#N)c1C. The highest BCUT2D eigenvalue weighted by Crippen LogP contribution is 2.31. The van der Waals surface area contributed by atoms with Crippen molar-refractivity contribution in [3.63, 3.8) is 0 Å². The highest BCUT2D eigenvalue weighted by molar-refractivity contribution is 9.10. The van der Waals surface area contributed by atoms with E-state index in [1.54, 1.807) is 44.2 Å². The first-order chi connectivity index (χ1) is 18.2. The monoisotopic (exact) mass is 593 g/mol. The van der Waals surface area contributed by atoms with Gasteiger partial charge >= 0.3 is 5.97 Å². The third-order valence-corrected chi connectivity index (χ3v) is 7.11. The summed E-state index contributed by atoms with van der Waals surface area (Å²) >= 11 is 4.38. The van der Waals surface area contributed by atoms with Crippen LogP contribution in [0.2, 0.25) is 0 Å². The van der Waals surface area contributed by atoms with Gasteiger partial charge in [-0.3, -0.25) is 14.9 Å². The fraction of sp³-hybridized carbons (Fsp3) is 0.185. The molecular formula is C27H20BrN3O6S. The Balaban J connectivity index is 1.86. The molecule has 0 radical (unpaired) electrons. The molecule has 0 unspecified atom stereocenters. The van der Waals surface area contributed by atoms with Gasteiger partial charge in [0.05, 0.1) is 22.7 Å². The van der Waals surface area contributed by atoms with Crippen LogP contribution in [0.25, 0.3) is 6.08 Å². The van der Waals surface area contributed by atoms with Crippen molar-refractivity contribution in [2.24, 2.45) is 0 Å². The molecule has 0 saturated heterocycles. The number of rotatable bonds is 10. The number of allylic oxidation sites excluding steroid dienone is 1. The van der Waals surface area contributed by atoms with Crippen molar-refractivity contribution in [2.45, 2.75) is 26.9 Å². The molecule has 0 aliphatic rings. The maximum absolute atomic E-state index is 13.1. The number of hydrogen-bond donors (Lipinski definition) is 0. The molecule has 0 atom stereocenters. The molecule has 0 N–H and O–H groups in total. The summed E-state index contributed by atoms with van der Waals surface area (Å²) in [7, 11) is 0. The van der Waals surface area contributed by atoms with E-state index in [9.17, 15) is 30.2 Å². The number of Topliss-reactive ketones (excluding diaryl/α,β-unsaturated/α-hetero) is 1. The van der Waals surface area contributed by atoms with Gasteiger partial charge in [-0.2, -0.15) is 10.5 Å². The summed E-state index contributed by atoms with van der Waals surface area (Å²) < 4.78 is 11.6. The maximum atomic E-state index is 13.1. The lowest BCUT2D eigenvalue weighted by Gasteiger charge is -2.10. The summed E-state index contributed by atoms with van der Waals surface area (Å²) in [5.41, 5.74) is 1.62. The van der Waals surface area contributed by atoms with Crippen molar-refractivity contribution < 1.29 is 24.0 Å². The van der Waals surface area contributed by atoms with Crippen molar-refractivity contribution in [3.05, 3.63) is 94.6 Å². The van der Waals surface area contributed by atoms with E-state index in [-0.39, 0.29) is 41.3 Å². The molecule has 0 amide bonds. The van der Waals surface area contributed by atoms with Crippen LogP contribution in [0.4, 0.5) is 5.69 Å². The van der Waals surface area contributed by atoms with Crippen LogP contribution in [0.1, 0.15) is 43.7 Å². The van der Waals surface area contributed by atoms with E-state index in [0.29, 0.717) is 31.8 Å². The molecule has 3 rings (SSSR count). The highest BCUT2D eigenvalue weighted by Gasteiger charge is 2.23. The molecule has 192 valence electrons. The van der Waals surface area contributed by atoms with E-state index in [1.807, 2.05) is 12.1 Å². The zero-order valence-electron chi connectivity index (χ0n) is 20.3. The maximum Gasteiger partial charge on any atom is 0.348 e. The zero-order chi connectivity index (χ0) is 27.8. The van der Waals surface area contributed by atoms with Crippen LogP contribution in [0.5, 0.6) is 5.75 Å². The average Bonchev–Trinajstić information content (AvgIpc) is 3.21. The Bertz CT molecular complexity index is 1510. The lowest BCUT2D eigenvalue weighted by atomic mass is 10.0. The Morgan fingerprint density at radius 2 is 1.89 bits per heavy atom. The number of ketones is 1. The Kier molecular flexibility index (Phi) is 9.49. The minimum Gasteiger partial charge on any atom is -0.488 e. The number of nitriles is 2. The van der Waals surface area contributed by atoms with Gasteiger partial charge in [0.25, 0.3) is 5.69 Å². The Morgan fingerprint density at radius 1 is 1.18 bits per heavy atom. The molecule has 2 aromatic carbocycles. The van der Waals surface area contributed by atoms with Crippen molar-refractivity contribution in [3.8, 4) is 17.9 Å². The number of non-ortho nitro benzene ring substituents is 1. The van der Waals surface area contributed by atoms with Gasteiger partial charge in [-0.15, -0.1) is 11.3 Å². The number of hydrogen-bond acceptors (Lipinski definition) is 9. The van der Waals surface area contributed by atoms with E-state index in [2.05, 4.69) is 15.9 Å². The van der Waals surface area contributed by atoms with Crippen LogP contribution in [-0.2, 0) is 22.6 Å². The third-order valence-electron chi connectivity index (χ3n) is 5.35. The van der Waals surface area contributed by atoms with Gasteiger partial charge in [-0.05, 0) is 61.4 Å². The van der Waals surface area contributed by atoms with Crippen LogP contribution in [0.15, 0.2) is 52.5 Å². The molecule has 0 saturated carbocycles. The lowest BCUT2D eigenvalue weighted by molar-refractivity contribution is -0.384. The van der Waals surface area contributed by atoms with Crippen LogP contribution >= 0.6 is 27.3 Å². The van der Waals surface area contributed by atoms with Crippen LogP contribution in [0.3, 0.4) is 0 Å². The molecule has 3 aromatic rings. The quantitative estimate of drug-likeness (QED) is 0.0904. The second kappa shape index (κ2) is 12.8. The minimum absolute atomic E-state index is 0.0342. The van der Waals surface area contributed by atoms with Gasteiger partial charge in [0.15, 0.2) is 5.78 Å². The number of nitrogens with zero attached hydrogens (tertiary/aromatic N) is 3. The van der Waals surface area contributed by atoms with Gasteiger partial charge in [0, 0.05) is 33.5 Å². The number of thiophene rings is 1. The Labute approximate surface area is 230 Å². The normalized spacial score (nSPS) is 10.8. The van der Waals surface area contributed by atoms with Gasteiger partial charge in [-0.1, -0.05) is 15.9 Å². The topological polar surface area (TPSA) is 143 Å². The molecule has 1 heterocycles. The first-order valence-corrected chi connectivity index (χ1v) is 12.8. The van der Waals surface area contributed by atoms with Gasteiger partial charge in [-0.25, -0.2) is 4.79 Å². The first-order valence-electron chi connectivity index (χ1n) is 11.2. The summed E-state index contributed by atoms with van der Waals surface area (Å²) in [5, 5.41) is 30.2. The number of esters is 1. The Hall–Kier alpha value is -4.32. The summed E-state index contributed by atoms with van der Waals surface area (Å²) in [5.74, 6) is -0.700. The first kappa shape index (κ1) is 28.3. The summed E-state index contributed by atoms with van der Waals surface area (Å²) in [6, 6.07) is 15.0. The van der Waals surface area contributed by atoms with E-state index < -0.39 is 16.7 Å². The summed E-state index contributed by atoms with van der Waals surface area (Å²) in [6.45, 7) is 3.57. The second-order valence-electron chi connectivity index (χ2n) is 7.85. The van der Waals surface area contributed by atoms with Crippen LogP contribution in [0, 0.1) is 39.7 Å². The predicted octanol–water partition coefficient (Wildman–Crippen LogP) is 6.07. The number of carbonyl (C=O) groups excluding carboxylic acids is 2. The van der Waals surface area contributed by atoms with Gasteiger partial charge in [0.2, 0.25) is 0 Å². The van der Waals surface area contributed by atoms with Crippen molar-refractivity contribution in [1.29, 1.82) is 10.5 Å². The second-order valence-corrected chi connectivity index (χ2v) is 9.87. The summed E-state index contributed by atoms with van der Waals surface area (Å²) in [4.78, 5) is 36.3. The van der Waals surface area contributed by atoms with Gasteiger partial charge < -0.3 is 9.47 Å². The number of carbonyl (C=O) groups is 2. The predicted molar refractivity (Wildman–Crippen MR) is 144 cm³/mol. The largest absolute Gasteiger partial charge is 0.488 e. The number of halogens is 1. The molecule has 0 spiro atoms. The van der Waals surface area contributed by atoms with Crippen molar-refractivity contribution >= 4 is 50.8 Å². The molecule has 0 aliphatic carbocycles. The molecule has 1 aromatic heterocycles. The molecule has 11 heteroatoms. The van der Waals surface area contributed by atoms with Crippen LogP contribution < -0.4 is 4.74 Å². The van der Waals surface area contributed by atoms with E-state index in [0.717, 1.165) is 11.3 Å². The standard InChI is InChI=1S/C27H20BrN3O6S/c1-3-36-27(33)26-16(2)22(14-30)25(38-26)12-23(32)19(13-29)10-18-11-20(28)6-9-24(18)37-15-17-4-7-21(8-5-17)31(34)35/h4-11H,3,12,15H2,1-2H3/b19-10+. The third kappa shape index (κ3) is 6.71. The average molecular weight is 594 g/mol. The number of nitro benzene ring substituents is 1. The van der Waals surface area contributed by atoms with Crippen molar-refractivity contribution in [1.82, 2.24) is 0 Å². The molecule has 0 bridgehead atoms. The van der Waals surface area contributed by atoms with E-state index in [4.69, 9.17) is 9.47 Å².